The maximum atomic E-state index is 11.8. The molecule has 1 heterocycles. The van der Waals surface area contributed by atoms with Gasteiger partial charge in [-0.15, -0.1) is 0 Å². The van der Waals surface area contributed by atoms with Crippen LogP contribution in [-0.4, -0.2) is 74.5 Å². The smallest absolute Gasteiger partial charge is 0.244 e. The molecule has 1 saturated heterocycles. The minimum Gasteiger partial charge on any atom is -0.347 e. The zero-order chi connectivity index (χ0) is 13.5. The summed E-state index contributed by atoms with van der Waals surface area (Å²) in [5.41, 5.74) is 0. The molecule has 0 aromatic carbocycles. The van der Waals surface area contributed by atoms with Gasteiger partial charge in [0, 0.05) is 27.2 Å². The summed E-state index contributed by atoms with van der Waals surface area (Å²) in [4.78, 5) is 27.0. The molecule has 0 aliphatic carbocycles. The fourth-order valence-corrected chi connectivity index (χ4v) is 2.00. The van der Waals surface area contributed by atoms with Crippen molar-refractivity contribution in [3.05, 3.63) is 0 Å². The predicted molar refractivity (Wildman–Crippen MR) is 70.2 cm³/mol. The standard InChI is InChI=1S/C12H24N4O2/c1-10(12(18)15(2)3)14-11(17)9-16-7-4-5-13-6-8-16/h10,13H,4-9H2,1-3H3,(H,14,17). The minimum atomic E-state index is -0.461. The molecule has 0 bridgehead atoms. The SMILES string of the molecule is CC(NC(=O)CN1CCCNCC1)C(=O)N(C)C. The highest BCUT2D eigenvalue weighted by Crippen LogP contribution is 1.95. The van der Waals surface area contributed by atoms with Gasteiger partial charge in [-0.05, 0) is 26.4 Å². The van der Waals surface area contributed by atoms with Crippen molar-refractivity contribution < 1.29 is 9.59 Å². The summed E-state index contributed by atoms with van der Waals surface area (Å²) in [6, 6.07) is -0.461. The molecule has 1 aliphatic rings. The molecule has 1 aliphatic heterocycles. The summed E-state index contributed by atoms with van der Waals surface area (Å²) in [7, 11) is 3.37. The van der Waals surface area contributed by atoms with E-state index < -0.39 is 6.04 Å². The van der Waals surface area contributed by atoms with E-state index in [1.807, 2.05) is 0 Å². The summed E-state index contributed by atoms with van der Waals surface area (Å²) in [6.07, 6.45) is 1.06. The molecule has 2 amide bonds. The normalized spacial score (nSPS) is 18.8. The minimum absolute atomic E-state index is 0.0825. The molecule has 104 valence electrons. The number of likely N-dealkylation sites (N-methyl/N-ethyl adjacent to an activating group) is 1. The Kier molecular flexibility index (Phi) is 6.07. The second kappa shape index (κ2) is 7.33. The molecule has 0 aromatic rings. The van der Waals surface area contributed by atoms with Gasteiger partial charge < -0.3 is 15.5 Å². The molecule has 1 unspecified atom stereocenters. The van der Waals surface area contributed by atoms with E-state index >= 15 is 0 Å². The van der Waals surface area contributed by atoms with Crippen LogP contribution in [0.4, 0.5) is 0 Å². The molecular formula is C12H24N4O2. The monoisotopic (exact) mass is 256 g/mol. The fourth-order valence-electron chi connectivity index (χ4n) is 2.00. The van der Waals surface area contributed by atoms with Gasteiger partial charge in [0.25, 0.3) is 0 Å². The molecule has 6 nitrogen and oxygen atoms in total. The zero-order valence-electron chi connectivity index (χ0n) is 11.5. The largest absolute Gasteiger partial charge is 0.347 e. The average Bonchev–Trinajstić information content (AvgIpc) is 2.56. The molecular weight excluding hydrogens is 232 g/mol. The number of carbonyl (C=O) groups excluding carboxylic acids is 2. The number of nitrogens with one attached hydrogen (secondary N) is 2. The van der Waals surface area contributed by atoms with Crippen molar-refractivity contribution in [2.75, 3.05) is 46.8 Å². The summed E-state index contributed by atoms with van der Waals surface area (Å²) in [5, 5.41) is 6.03. The molecule has 18 heavy (non-hydrogen) atoms. The van der Waals surface area contributed by atoms with Crippen LogP contribution in [0.2, 0.25) is 0 Å². The quantitative estimate of drug-likeness (QED) is 0.668. The summed E-state index contributed by atoms with van der Waals surface area (Å²) >= 11 is 0. The molecule has 0 aromatic heterocycles. The molecule has 1 rings (SSSR count). The van der Waals surface area contributed by atoms with Crippen LogP contribution in [0.3, 0.4) is 0 Å². The van der Waals surface area contributed by atoms with Crippen molar-refractivity contribution in [1.82, 2.24) is 20.4 Å². The van der Waals surface area contributed by atoms with E-state index in [0.29, 0.717) is 6.54 Å². The van der Waals surface area contributed by atoms with Crippen LogP contribution in [-0.2, 0) is 9.59 Å². The maximum Gasteiger partial charge on any atom is 0.244 e. The van der Waals surface area contributed by atoms with Gasteiger partial charge in [0.1, 0.15) is 6.04 Å². The lowest BCUT2D eigenvalue weighted by Crippen LogP contribution is -2.48. The molecule has 0 radical (unpaired) electrons. The van der Waals surface area contributed by atoms with Crippen LogP contribution < -0.4 is 10.6 Å². The Hall–Kier alpha value is -1.14. The van der Waals surface area contributed by atoms with Crippen LogP contribution in [0.25, 0.3) is 0 Å². The second-order valence-corrected chi connectivity index (χ2v) is 4.90. The van der Waals surface area contributed by atoms with Crippen LogP contribution in [0, 0.1) is 0 Å². The highest BCUT2D eigenvalue weighted by molar-refractivity contribution is 5.87. The topological polar surface area (TPSA) is 64.7 Å². The van der Waals surface area contributed by atoms with Crippen molar-refractivity contribution >= 4 is 11.8 Å². The summed E-state index contributed by atoms with van der Waals surface area (Å²) in [5.74, 6) is -0.166. The predicted octanol–water partition coefficient (Wildman–Crippen LogP) is -1.13. The first-order valence-electron chi connectivity index (χ1n) is 6.44. The molecule has 2 N–H and O–H groups in total. The van der Waals surface area contributed by atoms with Crippen molar-refractivity contribution in [3.63, 3.8) is 0 Å². The van der Waals surface area contributed by atoms with Crippen LogP contribution in [0.15, 0.2) is 0 Å². The molecule has 0 saturated carbocycles. The summed E-state index contributed by atoms with van der Waals surface area (Å²) in [6.45, 7) is 5.81. The van der Waals surface area contributed by atoms with Crippen LogP contribution in [0.5, 0.6) is 0 Å². The van der Waals surface area contributed by atoms with Gasteiger partial charge in [-0.1, -0.05) is 0 Å². The van der Waals surface area contributed by atoms with Gasteiger partial charge in [0.2, 0.25) is 11.8 Å². The second-order valence-electron chi connectivity index (χ2n) is 4.90. The number of carbonyl (C=O) groups is 2. The van der Waals surface area contributed by atoms with E-state index in [4.69, 9.17) is 0 Å². The Bertz CT molecular complexity index is 286. The lowest BCUT2D eigenvalue weighted by atomic mass is 10.3. The van der Waals surface area contributed by atoms with Crippen molar-refractivity contribution in [2.45, 2.75) is 19.4 Å². The van der Waals surface area contributed by atoms with Gasteiger partial charge >= 0.3 is 0 Å². The summed E-state index contributed by atoms with van der Waals surface area (Å²) < 4.78 is 0. The van der Waals surface area contributed by atoms with Crippen LogP contribution in [0.1, 0.15) is 13.3 Å². The fraction of sp³-hybridized carbons (Fsp3) is 0.833. The number of hydrogen-bond donors (Lipinski definition) is 2. The Morgan fingerprint density at radius 2 is 2.06 bits per heavy atom. The van der Waals surface area contributed by atoms with Crippen molar-refractivity contribution in [2.24, 2.45) is 0 Å². The van der Waals surface area contributed by atoms with Crippen molar-refractivity contribution in [3.8, 4) is 0 Å². The number of amides is 2. The Balaban J connectivity index is 2.33. The zero-order valence-corrected chi connectivity index (χ0v) is 11.5. The number of nitrogens with zero attached hydrogens (tertiary/aromatic N) is 2. The van der Waals surface area contributed by atoms with Gasteiger partial charge in [-0.25, -0.2) is 0 Å². The lowest BCUT2D eigenvalue weighted by Gasteiger charge is -2.22. The van der Waals surface area contributed by atoms with Gasteiger partial charge in [0.05, 0.1) is 6.54 Å². The van der Waals surface area contributed by atoms with Gasteiger partial charge in [-0.2, -0.15) is 0 Å². The average molecular weight is 256 g/mol. The van der Waals surface area contributed by atoms with Crippen LogP contribution >= 0.6 is 0 Å². The van der Waals surface area contributed by atoms with E-state index in [2.05, 4.69) is 15.5 Å². The van der Waals surface area contributed by atoms with E-state index in [9.17, 15) is 9.59 Å². The molecule has 0 spiro atoms. The third-order valence-electron chi connectivity index (χ3n) is 2.99. The maximum absolute atomic E-state index is 11.8. The van der Waals surface area contributed by atoms with E-state index in [-0.39, 0.29) is 11.8 Å². The van der Waals surface area contributed by atoms with E-state index in [1.165, 1.54) is 4.90 Å². The molecule has 1 fully saturated rings. The van der Waals surface area contributed by atoms with E-state index in [1.54, 1.807) is 21.0 Å². The highest BCUT2D eigenvalue weighted by atomic mass is 16.2. The van der Waals surface area contributed by atoms with Crippen molar-refractivity contribution in [1.29, 1.82) is 0 Å². The van der Waals surface area contributed by atoms with E-state index in [0.717, 1.165) is 32.6 Å². The number of rotatable bonds is 4. The first kappa shape index (κ1) is 14.9. The Labute approximate surface area is 109 Å². The number of hydrogen-bond acceptors (Lipinski definition) is 4. The molecule has 6 heteroatoms. The third-order valence-corrected chi connectivity index (χ3v) is 2.99. The first-order chi connectivity index (χ1) is 8.50. The third kappa shape index (κ3) is 5.01. The van der Waals surface area contributed by atoms with Gasteiger partial charge in [0.15, 0.2) is 0 Å². The molecule has 1 atom stereocenters. The first-order valence-corrected chi connectivity index (χ1v) is 6.44. The van der Waals surface area contributed by atoms with Gasteiger partial charge in [-0.3, -0.25) is 14.5 Å². The Morgan fingerprint density at radius 3 is 2.72 bits per heavy atom. The lowest BCUT2D eigenvalue weighted by molar-refractivity contribution is -0.134. The highest BCUT2D eigenvalue weighted by Gasteiger charge is 2.19. The Morgan fingerprint density at radius 1 is 1.33 bits per heavy atom.